The van der Waals surface area contributed by atoms with Gasteiger partial charge in [-0.05, 0) is 43.3 Å². The van der Waals surface area contributed by atoms with Crippen LogP contribution in [0.4, 0.5) is 5.69 Å². The first-order chi connectivity index (χ1) is 12.2. The molecular weight excluding hydrogens is 330 g/mol. The summed E-state index contributed by atoms with van der Waals surface area (Å²) in [6, 6.07) is 17.0. The molecule has 5 heteroatoms. The van der Waals surface area contributed by atoms with E-state index in [1.165, 1.54) is 0 Å². The molecular formula is C20H15N3OS. The number of thiazole rings is 1. The normalized spacial score (nSPS) is 10.8. The van der Waals surface area contributed by atoms with E-state index in [-0.39, 0.29) is 5.91 Å². The average Bonchev–Trinajstić information content (AvgIpc) is 3.08. The number of nitrogens with one attached hydrogen (secondary N) is 1. The zero-order valence-electron chi connectivity index (χ0n) is 13.6. The first-order valence-corrected chi connectivity index (χ1v) is 8.76. The number of hydrogen-bond acceptors (Lipinski definition) is 4. The summed E-state index contributed by atoms with van der Waals surface area (Å²) in [6.07, 6.45) is 1.76. The van der Waals surface area contributed by atoms with E-state index in [2.05, 4.69) is 15.3 Å². The summed E-state index contributed by atoms with van der Waals surface area (Å²) < 4.78 is 0. The number of fused-ring (bicyclic) bond motifs is 1. The predicted molar refractivity (Wildman–Crippen MR) is 102 cm³/mol. The number of benzene rings is 2. The fourth-order valence-corrected chi connectivity index (χ4v) is 3.41. The molecule has 2 aromatic heterocycles. The van der Waals surface area contributed by atoms with E-state index in [1.807, 2.05) is 66.9 Å². The summed E-state index contributed by atoms with van der Waals surface area (Å²) in [7, 11) is 0. The number of carbonyl (C=O) groups excluding carboxylic acids is 1. The smallest absolute Gasteiger partial charge is 0.255 e. The average molecular weight is 345 g/mol. The third-order valence-corrected chi connectivity index (χ3v) is 4.88. The number of amides is 1. The van der Waals surface area contributed by atoms with Gasteiger partial charge in [0.15, 0.2) is 0 Å². The van der Waals surface area contributed by atoms with Crippen molar-refractivity contribution in [2.75, 3.05) is 5.32 Å². The van der Waals surface area contributed by atoms with Crippen molar-refractivity contribution in [3.63, 3.8) is 0 Å². The van der Waals surface area contributed by atoms with Gasteiger partial charge in [-0.15, -0.1) is 11.3 Å². The Morgan fingerprint density at radius 2 is 1.92 bits per heavy atom. The number of pyridine rings is 1. The Morgan fingerprint density at radius 3 is 2.68 bits per heavy atom. The van der Waals surface area contributed by atoms with Crippen molar-refractivity contribution in [2.24, 2.45) is 0 Å². The van der Waals surface area contributed by atoms with Gasteiger partial charge in [0.1, 0.15) is 5.01 Å². The van der Waals surface area contributed by atoms with Crippen molar-refractivity contribution in [3.05, 3.63) is 77.4 Å². The number of rotatable bonds is 3. The van der Waals surface area contributed by atoms with Crippen molar-refractivity contribution >= 4 is 33.8 Å². The summed E-state index contributed by atoms with van der Waals surface area (Å²) in [5.74, 6) is -0.134. The summed E-state index contributed by atoms with van der Waals surface area (Å²) >= 11 is 1.60. The molecule has 122 valence electrons. The summed E-state index contributed by atoms with van der Waals surface area (Å²) in [5, 5.41) is 6.91. The van der Waals surface area contributed by atoms with Crippen LogP contribution in [0.3, 0.4) is 0 Å². The number of nitrogens with zero attached hydrogens (tertiary/aromatic N) is 2. The monoisotopic (exact) mass is 345 g/mol. The molecule has 4 aromatic rings. The lowest BCUT2D eigenvalue weighted by Crippen LogP contribution is -2.11. The molecule has 1 N–H and O–H groups in total. The van der Waals surface area contributed by atoms with Crippen LogP contribution in [-0.2, 0) is 0 Å². The Morgan fingerprint density at radius 1 is 1.08 bits per heavy atom. The maximum Gasteiger partial charge on any atom is 0.255 e. The van der Waals surface area contributed by atoms with Crippen LogP contribution < -0.4 is 5.32 Å². The van der Waals surface area contributed by atoms with Gasteiger partial charge in [-0.3, -0.25) is 9.78 Å². The maximum absolute atomic E-state index is 12.5. The molecule has 0 aliphatic rings. The standard InChI is InChI=1S/C20H15N3OS/c1-13-12-25-20(22-13)15-6-4-14(5-7-15)19(24)23-17-8-9-18-16(11-17)3-2-10-21-18/h2-12H,1H3,(H,23,24). The Labute approximate surface area is 149 Å². The zero-order valence-corrected chi connectivity index (χ0v) is 14.4. The van der Waals surface area contributed by atoms with Crippen molar-refractivity contribution in [2.45, 2.75) is 6.92 Å². The van der Waals surface area contributed by atoms with Crippen LogP contribution in [0.1, 0.15) is 16.1 Å². The van der Waals surface area contributed by atoms with Crippen LogP contribution >= 0.6 is 11.3 Å². The van der Waals surface area contributed by atoms with Gasteiger partial charge in [-0.1, -0.05) is 18.2 Å². The second-order valence-electron chi connectivity index (χ2n) is 5.74. The molecule has 0 aliphatic heterocycles. The van der Waals surface area contributed by atoms with Crippen molar-refractivity contribution < 1.29 is 4.79 Å². The minimum absolute atomic E-state index is 0.134. The number of hydrogen-bond donors (Lipinski definition) is 1. The van der Waals surface area contributed by atoms with E-state index in [4.69, 9.17) is 0 Å². The first kappa shape index (κ1) is 15.5. The predicted octanol–water partition coefficient (Wildman–Crippen LogP) is 4.92. The van der Waals surface area contributed by atoms with Gasteiger partial charge in [-0.25, -0.2) is 4.98 Å². The van der Waals surface area contributed by atoms with Crippen molar-refractivity contribution in [1.29, 1.82) is 0 Å². The Kier molecular flexibility index (Phi) is 3.99. The maximum atomic E-state index is 12.5. The van der Waals surface area contributed by atoms with Crippen molar-refractivity contribution in [3.8, 4) is 10.6 Å². The summed E-state index contributed by atoms with van der Waals surface area (Å²) in [5.41, 5.74) is 4.30. The fourth-order valence-electron chi connectivity index (χ4n) is 2.61. The van der Waals surface area contributed by atoms with Crippen LogP contribution in [-0.4, -0.2) is 15.9 Å². The van der Waals surface area contributed by atoms with Crippen LogP contribution in [0.5, 0.6) is 0 Å². The molecule has 25 heavy (non-hydrogen) atoms. The quantitative estimate of drug-likeness (QED) is 0.573. The molecule has 0 bridgehead atoms. The van der Waals surface area contributed by atoms with Gasteiger partial charge < -0.3 is 5.32 Å². The zero-order chi connectivity index (χ0) is 17.2. The highest BCUT2D eigenvalue weighted by Gasteiger charge is 2.08. The van der Waals surface area contributed by atoms with E-state index in [0.29, 0.717) is 5.56 Å². The molecule has 4 nitrogen and oxygen atoms in total. The molecule has 0 fully saturated rings. The molecule has 0 unspecified atom stereocenters. The molecule has 0 atom stereocenters. The number of anilines is 1. The molecule has 4 rings (SSSR count). The van der Waals surface area contributed by atoms with Gasteiger partial charge in [0.25, 0.3) is 5.91 Å². The molecule has 0 aliphatic carbocycles. The van der Waals surface area contributed by atoms with E-state index < -0.39 is 0 Å². The minimum atomic E-state index is -0.134. The Bertz CT molecular complexity index is 1050. The number of aryl methyl sites for hydroxylation is 1. The van der Waals surface area contributed by atoms with Gasteiger partial charge in [0, 0.05) is 39.5 Å². The van der Waals surface area contributed by atoms with E-state index in [9.17, 15) is 4.79 Å². The summed E-state index contributed by atoms with van der Waals surface area (Å²) in [6.45, 7) is 1.97. The Hall–Kier alpha value is -3.05. The lowest BCUT2D eigenvalue weighted by atomic mass is 10.1. The molecule has 2 heterocycles. The van der Waals surface area contributed by atoms with E-state index in [0.717, 1.165) is 32.9 Å². The number of carbonyl (C=O) groups is 1. The van der Waals surface area contributed by atoms with E-state index in [1.54, 1.807) is 17.5 Å². The lowest BCUT2D eigenvalue weighted by Gasteiger charge is -2.07. The SMILES string of the molecule is Cc1csc(-c2ccc(C(=O)Nc3ccc4ncccc4c3)cc2)n1. The van der Waals surface area contributed by atoms with Gasteiger partial charge in [0.2, 0.25) is 0 Å². The molecule has 0 spiro atoms. The highest BCUT2D eigenvalue weighted by atomic mass is 32.1. The molecule has 0 saturated heterocycles. The Balaban J connectivity index is 1.53. The second-order valence-corrected chi connectivity index (χ2v) is 6.59. The minimum Gasteiger partial charge on any atom is -0.322 e. The van der Waals surface area contributed by atoms with E-state index >= 15 is 0 Å². The third-order valence-electron chi connectivity index (χ3n) is 3.87. The van der Waals surface area contributed by atoms with Crippen LogP contribution in [0.2, 0.25) is 0 Å². The molecule has 1 amide bonds. The summed E-state index contributed by atoms with van der Waals surface area (Å²) in [4.78, 5) is 21.2. The van der Waals surface area contributed by atoms with Gasteiger partial charge in [-0.2, -0.15) is 0 Å². The molecule has 2 aromatic carbocycles. The number of aromatic nitrogens is 2. The largest absolute Gasteiger partial charge is 0.322 e. The topological polar surface area (TPSA) is 54.9 Å². The van der Waals surface area contributed by atoms with Crippen LogP contribution in [0, 0.1) is 6.92 Å². The van der Waals surface area contributed by atoms with Gasteiger partial charge in [0.05, 0.1) is 5.52 Å². The highest BCUT2D eigenvalue weighted by molar-refractivity contribution is 7.13. The lowest BCUT2D eigenvalue weighted by molar-refractivity contribution is 0.102. The molecule has 0 saturated carbocycles. The van der Waals surface area contributed by atoms with Crippen LogP contribution in [0.25, 0.3) is 21.5 Å². The first-order valence-electron chi connectivity index (χ1n) is 7.88. The fraction of sp³-hybridized carbons (Fsp3) is 0.0500. The van der Waals surface area contributed by atoms with Gasteiger partial charge >= 0.3 is 0 Å². The third kappa shape index (κ3) is 3.27. The highest BCUT2D eigenvalue weighted by Crippen LogP contribution is 2.24. The second kappa shape index (κ2) is 6.45. The molecule has 0 radical (unpaired) electrons. The van der Waals surface area contributed by atoms with Crippen LogP contribution in [0.15, 0.2) is 66.2 Å². The van der Waals surface area contributed by atoms with Crippen molar-refractivity contribution in [1.82, 2.24) is 9.97 Å².